The molecule has 1 aliphatic rings. The number of carbonyl (C=O) groups excluding carboxylic acids is 1. The second-order valence-electron chi connectivity index (χ2n) is 5.36. The second kappa shape index (κ2) is 6.59. The van der Waals surface area contributed by atoms with Crippen LogP contribution in [0.2, 0.25) is 0 Å². The molecule has 1 saturated carbocycles. The van der Waals surface area contributed by atoms with E-state index in [1.807, 2.05) is 0 Å². The number of hydrogen-bond acceptors (Lipinski definition) is 3. The number of ether oxygens (including phenoxy) is 1. The minimum Gasteiger partial charge on any atom is -0.444 e. The van der Waals surface area contributed by atoms with Gasteiger partial charge in [-0.1, -0.05) is 6.42 Å². The molecule has 0 aliphatic heterocycles. The number of hydrogen-bond donors (Lipinski definition) is 1. The summed E-state index contributed by atoms with van der Waals surface area (Å²) in [7, 11) is 3.35. The van der Waals surface area contributed by atoms with Crippen molar-refractivity contribution in [2.75, 3.05) is 19.4 Å². The summed E-state index contributed by atoms with van der Waals surface area (Å²) in [5.74, 6) is -0.255. The fraction of sp³-hybridized carbons (Fsp3) is 0.533. The van der Waals surface area contributed by atoms with Gasteiger partial charge in [0.1, 0.15) is 11.9 Å². The first kappa shape index (κ1) is 14.6. The van der Waals surface area contributed by atoms with Gasteiger partial charge in [0.2, 0.25) is 0 Å². The van der Waals surface area contributed by atoms with Gasteiger partial charge in [0.15, 0.2) is 0 Å². The molecule has 5 heteroatoms. The maximum Gasteiger partial charge on any atom is 0.409 e. The Morgan fingerprint density at radius 1 is 1.25 bits per heavy atom. The molecule has 1 amide bonds. The molecule has 2 atom stereocenters. The maximum absolute atomic E-state index is 12.9. The summed E-state index contributed by atoms with van der Waals surface area (Å²) in [5, 5.41) is 3.34. The zero-order valence-corrected chi connectivity index (χ0v) is 11.9. The average Bonchev–Trinajstić information content (AvgIpc) is 2.43. The van der Waals surface area contributed by atoms with E-state index in [1.165, 1.54) is 17.0 Å². The van der Waals surface area contributed by atoms with Crippen molar-refractivity contribution in [3.63, 3.8) is 0 Å². The standard InChI is InChI=1S/C15H21FN2O2/c1-18(2)15(19)20-14-6-4-3-5-13(14)17-12-9-7-11(16)8-10-12/h7-10,13-14,17H,3-6H2,1-2H3/t13-,14+/m0/s1. The number of carbonyl (C=O) groups is 1. The Kier molecular flexibility index (Phi) is 4.82. The number of nitrogens with one attached hydrogen (secondary N) is 1. The number of nitrogens with zero attached hydrogens (tertiary/aromatic N) is 1. The van der Waals surface area contributed by atoms with Gasteiger partial charge in [-0.15, -0.1) is 0 Å². The Morgan fingerprint density at radius 2 is 1.90 bits per heavy atom. The van der Waals surface area contributed by atoms with Gasteiger partial charge >= 0.3 is 6.09 Å². The van der Waals surface area contributed by atoms with Crippen LogP contribution < -0.4 is 5.32 Å². The molecular weight excluding hydrogens is 259 g/mol. The number of benzene rings is 1. The lowest BCUT2D eigenvalue weighted by atomic mass is 9.92. The van der Waals surface area contributed by atoms with Gasteiger partial charge in [0.05, 0.1) is 6.04 Å². The predicted octanol–water partition coefficient (Wildman–Crippen LogP) is 3.25. The van der Waals surface area contributed by atoms with E-state index in [-0.39, 0.29) is 24.1 Å². The molecule has 20 heavy (non-hydrogen) atoms. The lowest BCUT2D eigenvalue weighted by molar-refractivity contribution is 0.0491. The van der Waals surface area contributed by atoms with Crippen molar-refractivity contribution >= 4 is 11.8 Å². The van der Waals surface area contributed by atoms with Crippen LogP contribution in [0.15, 0.2) is 24.3 Å². The van der Waals surface area contributed by atoms with Crippen LogP contribution in [0, 0.1) is 5.82 Å². The van der Waals surface area contributed by atoms with Crippen LogP contribution in [0.4, 0.5) is 14.9 Å². The normalized spacial score (nSPS) is 22.1. The van der Waals surface area contributed by atoms with Crippen LogP contribution in [0.3, 0.4) is 0 Å². The van der Waals surface area contributed by atoms with Crippen LogP contribution in [-0.2, 0) is 4.74 Å². The number of anilines is 1. The molecule has 1 fully saturated rings. The fourth-order valence-electron chi connectivity index (χ4n) is 2.40. The Balaban J connectivity index is 1.99. The lowest BCUT2D eigenvalue weighted by Crippen LogP contribution is -2.41. The monoisotopic (exact) mass is 280 g/mol. The summed E-state index contributed by atoms with van der Waals surface area (Å²) in [6.07, 6.45) is 3.52. The van der Waals surface area contributed by atoms with Gasteiger partial charge in [-0.05, 0) is 43.5 Å². The highest BCUT2D eigenvalue weighted by atomic mass is 19.1. The Hall–Kier alpha value is -1.78. The minimum absolute atomic E-state index is 0.0816. The zero-order valence-electron chi connectivity index (χ0n) is 11.9. The smallest absolute Gasteiger partial charge is 0.409 e. The second-order valence-corrected chi connectivity index (χ2v) is 5.36. The van der Waals surface area contributed by atoms with Crippen LogP contribution in [-0.4, -0.2) is 37.2 Å². The third kappa shape index (κ3) is 3.85. The van der Waals surface area contributed by atoms with Crippen molar-refractivity contribution in [1.29, 1.82) is 0 Å². The minimum atomic E-state index is -0.317. The summed E-state index contributed by atoms with van der Waals surface area (Å²) >= 11 is 0. The van der Waals surface area contributed by atoms with E-state index in [9.17, 15) is 9.18 Å². The van der Waals surface area contributed by atoms with E-state index in [2.05, 4.69) is 5.32 Å². The third-order valence-corrected chi connectivity index (χ3v) is 3.52. The van der Waals surface area contributed by atoms with Crippen LogP contribution in [0.1, 0.15) is 25.7 Å². The molecular formula is C15H21FN2O2. The van der Waals surface area contributed by atoms with Crippen molar-refractivity contribution in [3.8, 4) is 0 Å². The third-order valence-electron chi connectivity index (χ3n) is 3.52. The lowest BCUT2D eigenvalue weighted by Gasteiger charge is -2.33. The molecule has 4 nitrogen and oxygen atoms in total. The molecule has 0 radical (unpaired) electrons. The van der Waals surface area contributed by atoms with E-state index in [0.29, 0.717) is 0 Å². The van der Waals surface area contributed by atoms with Gasteiger partial charge in [0, 0.05) is 19.8 Å². The first-order valence-electron chi connectivity index (χ1n) is 6.96. The maximum atomic E-state index is 12.9. The highest BCUT2D eigenvalue weighted by molar-refractivity contribution is 5.67. The van der Waals surface area contributed by atoms with Crippen LogP contribution in [0.25, 0.3) is 0 Å². The van der Waals surface area contributed by atoms with Gasteiger partial charge < -0.3 is 15.0 Å². The SMILES string of the molecule is CN(C)C(=O)O[C@@H]1CCCC[C@@H]1Nc1ccc(F)cc1. The molecule has 0 saturated heterocycles. The quantitative estimate of drug-likeness (QED) is 0.924. The van der Waals surface area contributed by atoms with Crippen molar-refractivity contribution in [2.24, 2.45) is 0 Å². The summed E-state index contributed by atoms with van der Waals surface area (Å²) in [6.45, 7) is 0. The summed E-state index contributed by atoms with van der Waals surface area (Å²) in [4.78, 5) is 13.1. The van der Waals surface area contributed by atoms with Crippen LogP contribution >= 0.6 is 0 Å². The van der Waals surface area contributed by atoms with E-state index >= 15 is 0 Å². The Bertz CT molecular complexity index is 448. The first-order valence-corrected chi connectivity index (χ1v) is 6.96. The van der Waals surface area contributed by atoms with E-state index in [4.69, 9.17) is 4.74 Å². The molecule has 0 unspecified atom stereocenters. The number of halogens is 1. The summed E-state index contributed by atoms with van der Waals surface area (Å²) in [6, 6.07) is 6.33. The highest BCUT2D eigenvalue weighted by Crippen LogP contribution is 2.25. The Labute approximate surface area is 118 Å². The summed E-state index contributed by atoms with van der Waals surface area (Å²) < 4.78 is 18.4. The average molecular weight is 280 g/mol. The molecule has 110 valence electrons. The molecule has 0 heterocycles. The molecule has 0 aromatic heterocycles. The fourth-order valence-corrected chi connectivity index (χ4v) is 2.40. The van der Waals surface area contributed by atoms with Gasteiger partial charge in [0.25, 0.3) is 0 Å². The van der Waals surface area contributed by atoms with Gasteiger partial charge in [-0.25, -0.2) is 9.18 Å². The molecule has 0 bridgehead atoms. The van der Waals surface area contributed by atoms with Crippen molar-refractivity contribution in [2.45, 2.75) is 37.8 Å². The van der Waals surface area contributed by atoms with Crippen molar-refractivity contribution < 1.29 is 13.9 Å². The number of rotatable bonds is 3. The molecule has 0 spiro atoms. The van der Waals surface area contributed by atoms with Crippen molar-refractivity contribution in [3.05, 3.63) is 30.1 Å². The van der Waals surface area contributed by atoms with E-state index < -0.39 is 0 Å². The molecule has 1 aromatic carbocycles. The van der Waals surface area contributed by atoms with Gasteiger partial charge in [-0.2, -0.15) is 0 Å². The van der Waals surface area contributed by atoms with E-state index in [0.717, 1.165) is 31.4 Å². The van der Waals surface area contributed by atoms with E-state index in [1.54, 1.807) is 26.2 Å². The predicted molar refractivity (Wildman–Crippen MR) is 76.2 cm³/mol. The largest absolute Gasteiger partial charge is 0.444 e. The molecule has 2 rings (SSSR count). The zero-order chi connectivity index (χ0) is 14.5. The number of amides is 1. The topological polar surface area (TPSA) is 41.6 Å². The summed E-state index contributed by atoms with van der Waals surface area (Å²) in [5.41, 5.74) is 0.851. The first-order chi connectivity index (χ1) is 9.56. The molecule has 1 aromatic rings. The highest BCUT2D eigenvalue weighted by Gasteiger charge is 2.28. The Morgan fingerprint density at radius 3 is 2.55 bits per heavy atom. The van der Waals surface area contributed by atoms with Crippen molar-refractivity contribution in [1.82, 2.24) is 4.90 Å². The molecule has 1 aliphatic carbocycles. The molecule has 1 N–H and O–H groups in total. The van der Waals surface area contributed by atoms with Gasteiger partial charge in [-0.3, -0.25) is 0 Å². The van der Waals surface area contributed by atoms with Crippen LogP contribution in [0.5, 0.6) is 0 Å².